The first-order valence-electron chi connectivity index (χ1n) is 12.6. The van der Waals surface area contributed by atoms with Crippen molar-refractivity contribution < 1.29 is 14.3 Å². The van der Waals surface area contributed by atoms with Gasteiger partial charge in [0.15, 0.2) is 6.10 Å². The summed E-state index contributed by atoms with van der Waals surface area (Å²) >= 11 is 0. The molecule has 1 atom stereocenters. The Morgan fingerprint density at radius 1 is 0.853 bits per heavy atom. The highest BCUT2D eigenvalue weighted by atomic mass is 16.6. The van der Waals surface area contributed by atoms with Gasteiger partial charge in [-0.25, -0.2) is 4.79 Å². The lowest BCUT2D eigenvalue weighted by Crippen LogP contribution is -2.26. The number of carbonyl (C=O) groups excluding carboxylic acids is 1. The van der Waals surface area contributed by atoms with E-state index in [1.807, 2.05) is 19.1 Å². The third kappa shape index (κ3) is 5.70. The molecule has 0 N–H and O–H groups in total. The fraction of sp³-hybridized carbons (Fsp3) is 0.387. The molecule has 4 rings (SSSR count). The van der Waals surface area contributed by atoms with E-state index in [0.717, 1.165) is 28.5 Å². The Hall–Kier alpha value is -3.07. The average Bonchev–Trinajstić information content (AvgIpc) is 2.86. The predicted molar refractivity (Wildman–Crippen MR) is 139 cm³/mol. The summed E-state index contributed by atoms with van der Waals surface area (Å²) in [5.74, 6) is 1.97. The van der Waals surface area contributed by atoms with Crippen LogP contribution in [0.1, 0.15) is 63.5 Å². The first-order valence-corrected chi connectivity index (χ1v) is 12.6. The number of ether oxygens (including phenoxy) is 2. The first-order chi connectivity index (χ1) is 16.4. The second-order valence-corrected chi connectivity index (χ2v) is 9.65. The van der Waals surface area contributed by atoms with Gasteiger partial charge in [0.1, 0.15) is 5.75 Å². The minimum atomic E-state index is -0.628. The molecule has 1 saturated carbocycles. The van der Waals surface area contributed by atoms with Crippen LogP contribution in [0, 0.1) is 12.8 Å². The molecule has 0 aliphatic heterocycles. The van der Waals surface area contributed by atoms with E-state index < -0.39 is 6.10 Å². The third-order valence-corrected chi connectivity index (χ3v) is 7.05. The van der Waals surface area contributed by atoms with E-state index in [9.17, 15) is 4.79 Å². The summed E-state index contributed by atoms with van der Waals surface area (Å²) < 4.78 is 10.8. The van der Waals surface area contributed by atoms with Gasteiger partial charge >= 0.3 is 5.97 Å². The van der Waals surface area contributed by atoms with Crippen molar-refractivity contribution in [1.82, 2.24) is 0 Å². The van der Waals surface area contributed by atoms with E-state index >= 15 is 0 Å². The minimum absolute atomic E-state index is 0.345. The predicted octanol–water partition coefficient (Wildman–Crippen LogP) is 7.95. The molecular formula is C31H36O3. The molecule has 0 heterocycles. The van der Waals surface area contributed by atoms with Crippen molar-refractivity contribution in [1.29, 1.82) is 0 Å². The van der Waals surface area contributed by atoms with E-state index in [4.69, 9.17) is 9.47 Å². The Labute approximate surface area is 204 Å². The Morgan fingerprint density at radius 2 is 1.38 bits per heavy atom. The van der Waals surface area contributed by atoms with Crippen molar-refractivity contribution in [3.63, 3.8) is 0 Å². The molecule has 0 aromatic heterocycles. The van der Waals surface area contributed by atoms with E-state index in [-0.39, 0.29) is 5.97 Å². The fourth-order valence-corrected chi connectivity index (χ4v) is 4.86. The Morgan fingerprint density at radius 3 is 1.94 bits per heavy atom. The molecule has 3 heteroatoms. The fourth-order valence-electron chi connectivity index (χ4n) is 4.86. The molecule has 0 unspecified atom stereocenters. The van der Waals surface area contributed by atoms with Crippen LogP contribution in [-0.2, 0) is 9.53 Å². The topological polar surface area (TPSA) is 35.5 Å². The highest BCUT2D eigenvalue weighted by molar-refractivity contribution is 5.75. The van der Waals surface area contributed by atoms with Crippen LogP contribution in [-0.4, -0.2) is 18.7 Å². The van der Waals surface area contributed by atoms with Gasteiger partial charge in [-0.15, -0.1) is 0 Å². The van der Waals surface area contributed by atoms with Crippen LogP contribution in [0.15, 0.2) is 66.7 Å². The quantitative estimate of drug-likeness (QED) is 0.338. The number of benzene rings is 3. The Balaban J connectivity index is 1.43. The molecule has 0 spiro atoms. The van der Waals surface area contributed by atoms with Crippen molar-refractivity contribution in [2.75, 3.05) is 6.61 Å². The van der Waals surface area contributed by atoms with Gasteiger partial charge in [0.05, 0.1) is 6.61 Å². The van der Waals surface area contributed by atoms with Gasteiger partial charge < -0.3 is 9.47 Å². The molecule has 0 amide bonds. The largest absolute Gasteiger partial charge is 0.479 e. The van der Waals surface area contributed by atoms with Gasteiger partial charge in [-0.3, -0.25) is 0 Å². The number of rotatable bonds is 7. The molecular weight excluding hydrogens is 420 g/mol. The van der Waals surface area contributed by atoms with Gasteiger partial charge in [0.2, 0.25) is 0 Å². The smallest absolute Gasteiger partial charge is 0.347 e. The zero-order chi connectivity index (χ0) is 24.1. The average molecular weight is 457 g/mol. The lowest BCUT2D eigenvalue weighted by atomic mass is 9.79. The maximum Gasteiger partial charge on any atom is 0.347 e. The summed E-state index contributed by atoms with van der Waals surface area (Å²) in [6.45, 7) is 8.23. The second kappa shape index (κ2) is 10.9. The SMILES string of the molecule is CCOC(=O)[C@@H](C)Oc1ccc(-c2ccc(-c3ccc(C4CCC(C)CC4)cc3)cc2)cc1C. The monoisotopic (exact) mass is 456 g/mol. The van der Waals surface area contributed by atoms with E-state index in [2.05, 4.69) is 61.5 Å². The van der Waals surface area contributed by atoms with E-state index in [1.54, 1.807) is 13.8 Å². The molecule has 178 valence electrons. The van der Waals surface area contributed by atoms with Gasteiger partial charge in [0.25, 0.3) is 0 Å². The molecule has 1 fully saturated rings. The maximum absolute atomic E-state index is 11.9. The number of hydrogen-bond donors (Lipinski definition) is 0. The summed E-state index contributed by atoms with van der Waals surface area (Å²) in [7, 11) is 0. The number of carbonyl (C=O) groups is 1. The molecule has 3 nitrogen and oxygen atoms in total. The number of aryl methyl sites for hydroxylation is 1. The normalized spacial score (nSPS) is 18.8. The van der Waals surface area contributed by atoms with Crippen molar-refractivity contribution in [2.45, 2.75) is 65.4 Å². The van der Waals surface area contributed by atoms with Gasteiger partial charge in [-0.05, 0) is 91.0 Å². The molecule has 3 aromatic carbocycles. The summed E-state index contributed by atoms with van der Waals surface area (Å²) in [5.41, 5.74) is 7.25. The first kappa shape index (κ1) is 24.1. The zero-order valence-corrected chi connectivity index (χ0v) is 20.8. The zero-order valence-electron chi connectivity index (χ0n) is 20.8. The van der Waals surface area contributed by atoms with E-state index in [1.165, 1.54) is 42.4 Å². The van der Waals surface area contributed by atoms with Crippen LogP contribution >= 0.6 is 0 Å². The minimum Gasteiger partial charge on any atom is -0.479 e. The van der Waals surface area contributed by atoms with Gasteiger partial charge in [-0.1, -0.05) is 74.4 Å². The molecule has 1 aliphatic carbocycles. The van der Waals surface area contributed by atoms with Crippen molar-refractivity contribution in [3.8, 4) is 28.0 Å². The highest BCUT2D eigenvalue weighted by Crippen LogP contribution is 2.36. The van der Waals surface area contributed by atoms with Crippen molar-refractivity contribution in [2.24, 2.45) is 5.92 Å². The standard InChI is InChI=1S/C31H36O3/c1-5-33-31(32)23(4)34-30-19-18-29(20-22(30)3)28-16-14-27(15-17-28)26-12-10-25(11-13-26)24-8-6-21(2)7-9-24/h10-21,23-24H,5-9H2,1-4H3/t21?,23-,24?/m1/s1. The molecule has 34 heavy (non-hydrogen) atoms. The van der Waals surface area contributed by atoms with Crippen LogP contribution in [0.25, 0.3) is 22.3 Å². The lowest BCUT2D eigenvalue weighted by molar-refractivity contribution is -0.150. The van der Waals surface area contributed by atoms with Crippen LogP contribution < -0.4 is 4.74 Å². The van der Waals surface area contributed by atoms with Crippen LogP contribution in [0.4, 0.5) is 0 Å². The van der Waals surface area contributed by atoms with E-state index in [0.29, 0.717) is 12.4 Å². The molecule has 1 aliphatic rings. The molecule has 0 saturated heterocycles. The molecule has 0 bridgehead atoms. The van der Waals surface area contributed by atoms with Gasteiger partial charge in [-0.2, -0.15) is 0 Å². The number of esters is 1. The molecule has 3 aromatic rings. The lowest BCUT2D eigenvalue weighted by Gasteiger charge is -2.26. The Kier molecular flexibility index (Phi) is 7.72. The van der Waals surface area contributed by atoms with Crippen LogP contribution in [0.5, 0.6) is 5.75 Å². The van der Waals surface area contributed by atoms with Crippen LogP contribution in [0.3, 0.4) is 0 Å². The van der Waals surface area contributed by atoms with Crippen LogP contribution in [0.2, 0.25) is 0 Å². The summed E-state index contributed by atoms with van der Waals surface area (Å²) in [4.78, 5) is 11.9. The highest BCUT2D eigenvalue weighted by Gasteiger charge is 2.20. The number of hydrogen-bond acceptors (Lipinski definition) is 3. The van der Waals surface area contributed by atoms with Gasteiger partial charge in [0, 0.05) is 0 Å². The summed E-state index contributed by atoms with van der Waals surface area (Å²) in [5, 5.41) is 0. The molecule has 0 radical (unpaired) electrons. The van der Waals surface area contributed by atoms with Crippen molar-refractivity contribution in [3.05, 3.63) is 77.9 Å². The van der Waals surface area contributed by atoms with Crippen molar-refractivity contribution >= 4 is 5.97 Å². The Bertz CT molecular complexity index is 1090. The maximum atomic E-state index is 11.9. The summed E-state index contributed by atoms with van der Waals surface area (Å²) in [6, 6.07) is 24.0. The second-order valence-electron chi connectivity index (χ2n) is 9.65. The third-order valence-electron chi connectivity index (χ3n) is 7.05. The summed E-state index contributed by atoms with van der Waals surface area (Å²) in [6.07, 6.45) is 4.72.